The molecule has 1 unspecified atom stereocenters. The highest BCUT2D eigenvalue weighted by Gasteiger charge is 2.24. The van der Waals surface area contributed by atoms with E-state index in [-0.39, 0.29) is 25.6 Å². The first-order chi connectivity index (χ1) is 17.4. The monoisotopic (exact) mass is 496 g/mol. The molecular formula is C28H32O8. The molecule has 0 aliphatic rings. The minimum absolute atomic E-state index is 0.00779. The van der Waals surface area contributed by atoms with Crippen LogP contribution in [0.1, 0.15) is 23.1 Å². The predicted molar refractivity (Wildman–Crippen MR) is 137 cm³/mol. The van der Waals surface area contributed by atoms with Gasteiger partial charge in [0.15, 0.2) is 29.9 Å². The topological polar surface area (TPSA) is 101 Å². The molecule has 0 spiro atoms. The molecule has 0 aliphatic heterocycles. The summed E-state index contributed by atoms with van der Waals surface area (Å²) in [6.07, 6.45) is 5.85. The van der Waals surface area contributed by atoms with E-state index in [9.17, 15) is 14.7 Å². The Morgan fingerprint density at radius 2 is 1.42 bits per heavy atom. The molecule has 8 nitrogen and oxygen atoms in total. The lowest BCUT2D eigenvalue weighted by Crippen LogP contribution is -2.22. The zero-order valence-electron chi connectivity index (χ0n) is 21.0. The Labute approximate surface area is 211 Å². The van der Waals surface area contributed by atoms with Crippen molar-refractivity contribution in [3.05, 3.63) is 77.6 Å². The SMILES string of the molecule is C=C(CC(C(=O)C=Cc1ccc(OC)c(CO)c1)C(=O)C=Cc1ccc(OC)c(OC)c1)OCOC. The fraction of sp³-hybridized carbons (Fsp3) is 0.286. The molecule has 2 rings (SSSR count). The van der Waals surface area contributed by atoms with Gasteiger partial charge in [-0.1, -0.05) is 30.9 Å². The first kappa shape index (κ1) is 28.4. The standard InChI is InChI=1S/C28H32O8/c1-19(36-18-32-2)14-23(24(30)10-6-20-8-12-26(33-3)22(15-20)17-29)25(31)11-7-21-9-13-27(34-4)28(16-21)35-5/h6-13,15-16,23,29H,1,14,17-18H2,2-5H3. The van der Waals surface area contributed by atoms with E-state index in [1.54, 1.807) is 48.6 Å². The Balaban J connectivity index is 2.26. The van der Waals surface area contributed by atoms with Gasteiger partial charge in [0.05, 0.1) is 39.6 Å². The first-order valence-corrected chi connectivity index (χ1v) is 11.1. The second-order valence-electron chi connectivity index (χ2n) is 7.66. The number of ether oxygens (including phenoxy) is 5. The highest BCUT2D eigenvalue weighted by molar-refractivity contribution is 6.13. The van der Waals surface area contributed by atoms with Gasteiger partial charge in [-0.25, -0.2) is 0 Å². The average Bonchev–Trinajstić information content (AvgIpc) is 2.91. The molecular weight excluding hydrogens is 464 g/mol. The molecule has 192 valence electrons. The smallest absolute Gasteiger partial charge is 0.188 e. The van der Waals surface area contributed by atoms with Crippen LogP contribution in [0.25, 0.3) is 12.2 Å². The highest BCUT2D eigenvalue weighted by atomic mass is 16.7. The summed E-state index contributed by atoms with van der Waals surface area (Å²) < 4.78 is 25.9. The summed E-state index contributed by atoms with van der Waals surface area (Å²) in [4.78, 5) is 26.1. The van der Waals surface area contributed by atoms with E-state index in [1.165, 1.54) is 40.6 Å². The largest absolute Gasteiger partial charge is 0.496 e. The molecule has 0 aromatic heterocycles. The van der Waals surface area contributed by atoms with Gasteiger partial charge in [0.1, 0.15) is 5.75 Å². The molecule has 36 heavy (non-hydrogen) atoms. The molecule has 0 heterocycles. The van der Waals surface area contributed by atoms with Crippen LogP contribution in [0.2, 0.25) is 0 Å². The van der Waals surface area contributed by atoms with Crippen LogP contribution in [-0.4, -0.2) is 51.9 Å². The molecule has 1 N–H and O–H groups in total. The van der Waals surface area contributed by atoms with Crippen LogP contribution in [-0.2, 0) is 25.7 Å². The summed E-state index contributed by atoms with van der Waals surface area (Å²) in [5, 5.41) is 9.53. The van der Waals surface area contributed by atoms with Gasteiger partial charge in [0.2, 0.25) is 0 Å². The zero-order chi connectivity index (χ0) is 26.5. The van der Waals surface area contributed by atoms with Crippen LogP contribution in [0, 0.1) is 5.92 Å². The Bertz CT molecular complexity index is 1040. The van der Waals surface area contributed by atoms with E-state index in [2.05, 4.69) is 6.58 Å². The van der Waals surface area contributed by atoms with Gasteiger partial charge < -0.3 is 28.8 Å². The minimum Gasteiger partial charge on any atom is -0.496 e. The van der Waals surface area contributed by atoms with Crippen molar-refractivity contribution < 1.29 is 38.4 Å². The lowest BCUT2D eigenvalue weighted by Gasteiger charge is -2.14. The number of ketones is 2. The van der Waals surface area contributed by atoms with Crippen molar-refractivity contribution in [1.29, 1.82) is 0 Å². The van der Waals surface area contributed by atoms with Crippen molar-refractivity contribution in [3.8, 4) is 17.2 Å². The van der Waals surface area contributed by atoms with Crippen molar-refractivity contribution in [2.45, 2.75) is 13.0 Å². The summed E-state index contributed by atoms with van der Waals surface area (Å²) in [5.41, 5.74) is 1.96. The fourth-order valence-corrected chi connectivity index (χ4v) is 3.34. The Morgan fingerprint density at radius 3 is 1.94 bits per heavy atom. The summed E-state index contributed by atoms with van der Waals surface area (Å²) >= 11 is 0. The van der Waals surface area contributed by atoms with Gasteiger partial charge in [-0.2, -0.15) is 0 Å². The molecule has 0 radical (unpaired) electrons. The van der Waals surface area contributed by atoms with Crippen molar-refractivity contribution in [2.24, 2.45) is 5.92 Å². The van der Waals surface area contributed by atoms with Crippen LogP contribution in [0.15, 0.2) is 60.9 Å². The molecule has 0 saturated heterocycles. The molecule has 0 amide bonds. The highest BCUT2D eigenvalue weighted by Crippen LogP contribution is 2.28. The molecule has 1 atom stereocenters. The normalized spacial score (nSPS) is 11.9. The fourth-order valence-electron chi connectivity index (χ4n) is 3.34. The number of rotatable bonds is 15. The third kappa shape index (κ3) is 8.11. The summed E-state index contributed by atoms with van der Waals surface area (Å²) in [5.74, 6) is 0.00854. The molecule has 8 heteroatoms. The van der Waals surface area contributed by atoms with E-state index in [0.29, 0.717) is 33.9 Å². The quantitative estimate of drug-likeness (QED) is 0.169. The molecule has 0 bridgehead atoms. The summed E-state index contributed by atoms with van der Waals surface area (Å²) in [6.45, 7) is 3.54. The number of aliphatic hydroxyl groups is 1. The average molecular weight is 497 g/mol. The second kappa shape index (κ2) is 14.5. The van der Waals surface area contributed by atoms with Crippen molar-refractivity contribution >= 4 is 23.7 Å². The van der Waals surface area contributed by atoms with Gasteiger partial charge in [0, 0.05) is 19.1 Å². The van der Waals surface area contributed by atoms with Crippen LogP contribution in [0.3, 0.4) is 0 Å². The number of benzene rings is 2. The Kier molecular flexibility index (Phi) is 11.4. The number of allylic oxidation sites excluding steroid dienone is 3. The van der Waals surface area contributed by atoms with Gasteiger partial charge in [-0.15, -0.1) is 0 Å². The van der Waals surface area contributed by atoms with E-state index in [4.69, 9.17) is 23.7 Å². The number of methoxy groups -OCH3 is 4. The molecule has 0 fully saturated rings. The van der Waals surface area contributed by atoms with E-state index in [1.807, 2.05) is 0 Å². The van der Waals surface area contributed by atoms with Crippen LogP contribution >= 0.6 is 0 Å². The van der Waals surface area contributed by atoms with Crippen molar-refractivity contribution in [2.75, 3.05) is 35.2 Å². The Hall–Kier alpha value is -3.88. The number of carbonyl (C=O) groups excluding carboxylic acids is 2. The number of hydrogen-bond acceptors (Lipinski definition) is 8. The molecule has 2 aromatic rings. The zero-order valence-corrected chi connectivity index (χ0v) is 21.0. The van der Waals surface area contributed by atoms with Gasteiger partial charge >= 0.3 is 0 Å². The molecule has 2 aromatic carbocycles. The predicted octanol–water partition coefficient (Wildman–Crippen LogP) is 4.21. The minimum atomic E-state index is -1.04. The maximum Gasteiger partial charge on any atom is 0.188 e. The van der Waals surface area contributed by atoms with Crippen molar-refractivity contribution in [1.82, 2.24) is 0 Å². The van der Waals surface area contributed by atoms with Crippen molar-refractivity contribution in [3.63, 3.8) is 0 Å². The van der Waals surface area contributed by atoms with Crippen LogP contribution in [0.5, 0.6) is 17.2 Å². The first-order valence-electron chi connectivity index (χ1n) is 11.1. The summed E-state index contributed by atoms with van der Waals surface area (Å²) in [6, 6.07) is 10.4. The lowest BCUT2D eigenvalue weighted by molar-refractivity contribution is -0.127. The third-order valence-corrected chi connectivity index (χ3v) is 5.26. The summed E-state index contributed by atoms with van der Waals surface area (Å²) in [7, 11) is 6.04. The van der Waals surface area contributed by atoms with E-state index < -0.39 is 17.5 Å². The second-order valence-corrected chi connectivity index (χ2v) is 7.66. The maximum absolute atomic E-state index is 13.1. The molecule has 0 aliphatic carbocycles. The Morgan fingerprint density at radius 1 is 0.861 bits per heavy atom. The van der Waals surface area contributed by atoms with E-state index >= 15 is 0 Å². The number of aliphatic hydroxyl groups excluding tert-OH is 1. The van der Waals surface area contributed by atoms with Crippen LogP contribution in [0.4, 0.5) is 0 Å². The number of hydrogen-bond donors (Lipinski definition) is 1. The number of carbonyl (C=O) groups is 2. The van der Waals surface area contributed by atoms with Gasteiger partial charge in [-0.3, -0.25) is 9.59 Å². The van der Waals surface area contributed by atoms with E-state index in [0.717, 1.165) is 0 Å². The maximum atomic E-state index is 13.1. The van der Waals surface area contributed by atoms with Gasteiger partial charge in [-0.05, 0) is 47.5 Å². The van der Waals surface area contributed by atoms with Crippen LogP contribution < -0.4 is 14.2 Å². The lowest BCUT2D eigenvalue weighted by atomic mass is 9.92. The third-order valence-electron chi connectivity index (χ3n) is 5.26. The van der Waals surface area contributed by atoms with Gasteiger partial charge in [0.25, 0.3) is 0 Å². The molecule has 0 saturated carbocycles.